The molecule has 0 saturated carbocycles. The number of nitrogens with zero attached hydrogens (tertiary/aromatic N) is 2. The molecular weight excluding hydrogens is 586 g/mol. The maximum absolute atomic E-state index is 12.7. The predicted octanol–water partition coefficient (Wildman–Crippen LogP) is 7.98. The summed E-state index contributed by atoms with van der Waals surface area (Å²) in [5.74, 6) is 1.41. The topological polar surface area (TPSA) is 42.0 Å². The zero-order chi connectivity index (χ0) is 29.9. The van der Waals surface area contributed by atoms with Crippen LogP contribution in [0.5, 0.6) is 5.75 Å². The van der Waals surface area contributed by atoms with Crippen LogP contribution in [0.4, 0.5) is 10.1 Å². The fourth-order valence-corrected chi connectivity index (χ4v) is 6.91. The van der Waals surface area contributed by atoms with Crippen molar-refractivity contribution in [3.05, 3.63) is 105 Å². The molecule has 0 spiro atoms. The first-order chi connectivity index (χ1) is 20.9. The van der Waals surface area contributed by atoms with Crippen LogP contribution in [0.15, 0.2) is 72.5 Å². The Kier molecular flexibility index (Phi) is 9.08. The summed E-state index contributed by atoms with van der Waals surface area (Å²) < 4.78 is 24.3. The highest BCUT2D eigenvalue weighted by atomic mass is 35.5. The van der Waals surface area contributed by atoms with E-state index in [4.69, 9.17) is 32.7 Å². The van der Waals surface area contributed by atoms with E-state index in [1.807, 2.05) is 30.3 Å². The van der Waals surface area contributed by atoms with Gasteiger partial charge in [0.25, 0.3) is 5.91 Å². The van der Waals surface area contributed by atoms with Gasteiger partial charge in [-0.1, -0.05) is 47.5 Å². The number of ether oxygens (including phenoxy) is 2. The largest absolute Gasteiger partial charge is 0.499 e. The van der Waals surface area contributed by atoms with Crippen molar-refractivity contribution in [2.24, 2.45) is 0 Å². The average molecular weight is 622 g/mol. The van der Waals surface area contributed by atoms with Crippen LogP contribution in [0, 0.1) is 0 Å². The van der Waals surface area contributed by atoms with Gasteiger partial charge in [0.15, 0.2) is 0 Å². The molecule has 3 aliphatic rings. The second kappa shape index (κ2) is 13.1. The maximum Gasteiger partial charge on any atom is 0.254 e. The van der Waals surface area contributed by atoms with Crippen molar-refractivity contribution in [1.29, 1.82) is 0 Å². The van der Waals surface area contributed by atoms with Crippen LogP contribution in [0.25, 0.3) is 11.1 Å². The van der Waals surface area contributed by atoms with Gasteiger partial charge < -0.3 is 14.4 Å². The van der Waals surface area contributed by atoms with Crippen molar-refractivity contribution < 1.29 is 18.7 Å². The molecule has 0 bridgehead atoms. The SMILES string of the molecule is COC1=CC(=O)N(c2ccc3c(c2)CCCC(c2ccc(Cl)cc2Cl)=C3c2ccc(OC3CCN(CCCF)C3)cc2)C1. The summed E-state index contributed by atoms with van der Waals surface area (Å²) in [4.78, 5) is 16.7. The van der Waals surface area contributed by atoms with Crippen molar-refractivity contribution in [3.63, 3.8) is 0 Å². The first kappa shape index (κ1) is 29.7. The second-order valence-corrected chi connectivity index (χ2v) is 12.2. The van der Waals surface area contributed by atoms with Gasteiger partial charge in [0.2, 0.25) is 0 Å². The third-order valence-electron chi connectivity index (χ3n) is 8.51. The van der Waals surface area contributed by atoms with Crippen LogP contribution >= 0.6 is 23.2 Å². The van der Waals surface area contributed by atoms with Crippen LogP contribution in [0.1, 0.15) is 47.9 Å². The Morgan fingerprint density at radius 1 is 1.00 bits per heavy atom. The van der Waals surface area contributed by atoms with E-state index in [1.165, 1.54) is 11.1 Å². The molecule has 0 N–H and O–H groups in total. The summed E-state index contributed by atoms with van der Waals surface area (Å²) in [5, 5.41) is 1.23. The zero-order valence-corrected chi connectivity index (χ0v) is 25.8. The quantitative estimate of drug-likeness (QED) is 0.243. The van der Waals surface area contributed by atoms with Gasteiger partial charge in [0.1, 0.15) is 17.6 Å². The first-order valence-corrected chi connectivity index (χ1v) is 15.6. The highest BCUT2D eigenvalue weighted by Gasteiger charge is 2.27. The standard InChI is InChI=1S/C35H35Cl2FN2O3/c1-42-29-20-34(41)40(22-29)26-9-13-30-24(18-26)4-2-5-32(31-12-8-25(36)19-33(31)37)35(30)23-6-10-27(11-7-23)43-28-14-17-39(21-28)16-3-15-38/h6-13,18-20,28H,2-5,14-17,21-22H2,1H3. The summed E-state index contributed by atoms with van der Waals surface area (Å²) in [5.41, 5.74) is 7.51. The van der Waals surface area contributed by atoms with Crippen LogP contribution in [-0.2, 0) is 16.0 Å². The minimum atomic E-state index is -0.282. The second-order valence-electron chi connectivity index (χ2n) is 11.3. The van der Waals surface area contributed by atoms with Crippen LogP contribution in [0.2, 0.25) is 10.0 Å². The molecular formula is C35H35Cl2FN2O3. The lowest BCUT2D eigenvalue weighted by Crippen LogP contribution is -2.26. The maximum atomic E-state index is 12.7. The number of benzene rings is 3. The normalized spacial score (nSPS) is 19.0. The molecule has 6 rings (SSSR count). The minimum absolute atomic E-state index is 0.0711. The third kappa shape index (κ3) is 6.47. The van der Waals surface area contributed by atoms with Gasteiger partial charge in [-0.25, -0.2) is 0 Å². The van der Waals surface area contributed by atoms with Crippen molar-refractivity contribution in [3.8, 4) is 5.75 Å². The number of likely N-dealkylation sites (tertiary alicyclic amines) is 1. The number of halogens is 3. The summed E-state index contributed by atoms with van der Waals surface area (Å²) in [6, 6.07) is 20.3. The Hall–Kier alpha value is -3.32. The van der Waals surface area contributed by atoms with Gasteiger partial charge in [-0.2, -0.15) is 0 Å². The predicted molar refractivity (Wildman–Crippen MR) is 172 cm³/mol. The molecule has 1 fully saturated rings. The summed E-state index contributed by atoms with van der Waals surface area (Å²) in [6.45, 7) is 2.68. The van der Waals surface area contributed by atoms with Crippen molar-refractivity contribution in [2.75, 3.05) is 44.9 Å². The Morgan fingerprint density at radius 3 is 2.56 bits per heavy atom. The number of amides is 1. The molecule has 3 aromatic carbocycles. The highest BCUT2D eigenvalue weighted by molar-refractivity contribution is 6.36. The van der Waals surface area contributed by atoms with E-state index in [0.717, 1.165) is 79.0 Å². The van der Waals surface area contributed by atoms with E-state index in [1.54, 1.807) is 24.2 Å². The molecule has 0 radical (unpaired) electrons. The number of carbonyl (C=O) groups excluding carboxylic acids is 1. The Morgan fingerprint density at radius 2 is 1.81 bits per heavy atom. The van der Waals surface area contributed by atoms with Crippen molar-refractivity contribution >= 4 is 45.9 Å². The monoisotopic (exact) mass is 620 g/mol. The van der Waals surface area contributed by atoms with Gasteiger partial charge in [0, 0.05) is 41.4 Å². The van der Waals surface area contributed by atoms with E-state index in [-0.39, 0.29) is 18.7 Å². The van der Waals surface area contributed by atoms with Gasteiger partial charge >= 0.3 is 0 Å². The van der Waals surface area contributed by atoms with Gasteiger partial charge in [-0.05, 0) is 102 Å². The molecule has 1 atom stereocenters. The molecule has 3 aromatic rings. The molecule has 8 heteroatoms. The Labute approximate surface area is 262 Å². The molecule has 1 aliphatic carbocycles. The zero-order valence-electron chi connectivity index (χ0n) is 24.3. The van der Waals surface area contributed by atoms with Crippen LogP contribution in [-0.4, -0.2) is 56.9 Å². The molecule has 0 aromatic heterocycles. The average Bonchev–Trinajstić information content (AvgIpc) is 3.57. The van der Waals surface area contributed by atoms with Crippen molar-refractivity contribution in [1.82, 2.24) is 4.90 Å². The molecule has 1 amide bonds. The van der Waals surface area contributed by atoms with E-state index >= 15 is 0 Å². The molecule has 5 nitrogen and oxygen atoms in total. The number of fused-ring (bicyclic) bond motifs is 1. The van der Waals surface area contributed by atoms with E-state index in [0.29, 0.717) is 28.8 Å². The fraction of sp³-hybridized carbons (Fsp3) is 0.343. The molecule has 1 saturated heterocycles. The number of anilines is 1. The minimum Gasteiger partial charge on any atom is -0.499 e. The molecule has 224 valence electrons. The number of allylic oxidation sites excluding steroid dienone is 1. The third-order valence-corrected chi connectivity index (χ3v) is 9.06. The van der Waals surface area contributed by atoms with Crippen LogP contribution in [0.3, 0.4) is 0 Å². The van der Waals surface area contributed by atoms with Gasteiger partial charge in [-0.3, -0.25) is 14.1 Å². The van der Waals surface area contributed by atoms with Gasteiger partial charge in [-0.15, -0.1) is 0 Å². The van der Waals surface area contributed by atoms with E-state index in [2.05, 4.69) is 29.2 Å². The number of rotatable bonds is 9. The summed E-state index contributed by atoms with van der Waals surface area (Å²) in [6.07, 6.45) is 5.81. The highest BCUT2D eigenvalue weighted by Crippen LogP contribution is 2.43. The number of hydrogen-bond donors (Lipinski definition) is 0. The van der Waals surface area contributed by atoms with E-state index < -0.39 is 0 Å². The Balaban J connectivity index is 1.35. The number of alkyl halides is 1. The lowest BCUT2D eigenvalue weighted by Gasteiger charge is -2.21. The fourth-order valence-electron chi connectivity index (χ4n) is 6.38. The van der Waals surface area contributed by atoms with Crippen molar-refractivity contribution in [2.45, 2.75) is 38.2 Å². The van der Waals surface area contributed by atoms with E-state index in [9.17, 15) is 9.18 Å². The van der Waals surface area contributed by atoms with Gasteiger partial charge in [0.05, 0.1) is 20.3 Å². The first-order valence-electron chi connectivity index (χ1n) is 14.9. The lowest BCUT2D eigenvalue weighted by molar-refractivity contribution is -0.113. The Bertz CT molecular complexity index is 1570. The number of hydrogen-bond acceptors (Lipinski definition) is 4. The summed E-state index contributed by atoms with van der Waals surface area (Å²) >= 11 is 13.1. The lowest BCUT2D eigenvalue weighted by atomic mass is 9.87. The molecule has 2 aliphatic heterocycles. The number of aryl methyl sites for hydroxylation is 1. The van der Waals surface area contributed by atoms with Crippen LogP contribution < -0.4 is 9.64 Å². The molecule has 43 heavy (non-hydrogen) atoms. The summed E-state index contributed by atoms with van der Waals surface area (Å²) in [7, 11) is 1.59. The molecule has 1 unspecified atom stereocenters. The number of methoxy groups -OCH3 is 1. The molecule has 2 heterocycles. The number of carbonyl (C=O) groups is 1. The smallest absolute Gasteiger partial charge is 0.254 e.